The zero-order chi connectivity index (χ0) is 11.1. The van der Waals surface area contributed by atoms with Crippen molar-refractivity contribution in [2.24, 2.45) is 0 Å². The topological polar surface area (TPSA) is 26.3 Å². The molecule has 0 saturated carbocycles. The normalized spacial score (nSPS) is 14.1. The SMILES string of the molecule is CC(=O)c1c2c(cc3ccccc13)COC2. The Balaban J connectivity index is 2.45. The van der Waals surface area contributed by atoms with Gasteiger partial charge in [0.25, 0.3) is 0 Å². The summed E-state index contributed by atoms with van der Waals surface area (Å²) < 4.78 is 5.42. The first kappa shape index (κ1) is 9.55. The second-order valence-electron chi connectivity index (χ2n) is 4.16. The molecule has 3 rings (SSSR count). The highest BCUT2D eigenvalue weighted by Crippen LogP contribution is 2.31. The number of ether oxygens (including phenoxy) is 1. The van der Waals surface area contributed by atoms with E-state index in [9.17, 15) is 4.79 Å². The molecular weight excluding hydrogens is 200 g/mol. The van der Waals surface area contributed by atoms with Gasteiger partial charge in [0, 0.05) is 5.56 Å². The Hall–Kier alpha value is -1.67. The van der Waals surface area contributed by atoms with E-state index in [-0.39, 0.29) is 5.78 Å². The van der Waals surface area contributed by atoms with Gasteiger partial charge in [0.15, 0.2) is 5.78 Å². The molecule has 0 spiro atoms. The van der Waals surface area contributed by atoms with Crippen LogP contribution in [0.25, 0.3) is 10.8 Å². The summed E-state index contributed by atoms with van der Waals surface area (Å²) >= 11 is 0. The van der Waals surface area contributed by atoms with Gasteiger partial charge in [-0.1, -0.05) is 24.3 Å². The molecule has 1 aliphatic heterocycles. The van der Waals surface area contributed by atoms with Gasteiger partial charge in [-0.2, -0.15) is 0 Å². The number of carbonyl (C=O) groups excluding carboxylic acids is 1. The molecule has 0 bridgehead atoms. The van der Waals surface area contributed by atoms with Crippen molar-refractivity contribution in [3.05, 3.63) is 47.0 Å². The average Bonchev–Trinajstić information content (AvgIpc) is 2.72. The Bertz CT molecular complexity index is 585. The maximum Gasteiger partial charge on any atom is 0.160 e. The number of hydrogen-bond acceptors (Lipinski definition) is 2. The number of rotatable bonds is 1. The maximum atomic E-state index is 11.8. The van der Waals surface area contributed by atoms with Crippen molar-refractivity contribution >= 4 is 16.6 Å². The van der Waals surface area contributed by atoms with Crippen LogP contribution < -0.4 is 0 Å². The summed E-state index contributed by atoms with van der Waals surface area (Å²) in [6.45, 7) is 2.82. The largest absolute Gasteiger partial charge is 0.372 e. The highest BCUT2D eigenvalue weighted by atomic mass is 16.5. The quantitative estimate of drug-likeness (QED) is 0.679. The molecule has 0 atom stereocenters. The summed E-state index contributed by atoms with van der Waals surface area (Å²) in [6.07, 6.45) is 0. The Labute approximate surface area is 93.8 Å². The lowest BCUT2D eigenvalue weighted by Crippen LogP contribution is -2.00. The fourth-order valence-corrected chi connectivity index (χ4v) is 2.41. The molecule has 16 heavy (non-hydrogen) atoms. The third-order valence-electron chi connectivity index (χ3n) is 3.11. The van der Waals surface area contributed by atoms with Crippen molar-refractivity contribution in [3.8, 4) is 0 Å². The monoisotopic (exact) mass is 212 g/mol. The van der Waals surface area contributed by atoms with E-state index in [2.05, 4.69) is 6.07 Å². The minimum atomic E-state index is 0.124. The van der Waals surface area contributed by atoms with E-state index in [0.29, 0.717) is 13.2 Å². The van der Waals surface area contributed by atoms with E-state index in [1.165, 1.54) is 0 Å². The molecule has 2 nitrogen and oxygen atoms in total. The molecule has 80 valence electrons. The third kappa shape index (κ3) is 1.27. The number of hydrogen-bond donors (Lipinski definition) is 0. The summed E-state index contributed by atoms with van der Waals surface area (Å²) in [5.74, 6) is 0.124. The number of carbonyl (C=O) groups is 1. The molecule has 0 amide bonds. The number of benzene rings is 2. The van der Waals surface area contributed by atoms with Gasteiger partial charge in [-0.3, -0.25) is 4.79 Å². The number of Topliss-reactive ketones (excluding diaryl/α,β-unsaturated/α-hetero) is 1. The first-order valence-corrected chi connectivity index (χ1v) is 5.39. The Morgan fingerprint density at radius 2 is 2.06 bits per heavy atom. The van der Waals surface area contributed by atoms with Crippen LogP contribution >= 0.6 is 0 Å². The summed E-state index contributed by atoms with van der Waals surface area (Å²) in [6, 6.07) is 10.1. The number of fused-ring (bicyclic) bond motifs is 2. The van der Waals surface area contributed by atoms with Crippen LogP contribution in [0.4, 0.5) is 0 Å². The van der Waals surface area contributed by atoms with Crippen LogP contribution in [-0.2, 0) is 18.0 Å². The molecule has 0 radical (unpaired) electrons. The molecule has 0 fully saturated rings. The minimum Gasteiger partial charge on any atom is -0.372 e. The first-order chi connectivity index (χ1) is 7.77. The van der Waals surface area contributed by atoms with Crippen molar-refractivity contribution in [1.29, 1.82) is 0 Å². The molecular formula is C14H12O2. The Kier molecular flexibility index (Phi) is 2.04. The molecule has 0 aliphatic carbocycles. The summed E-state index contributed by atoms with van der Waals surface area (Å²) in [4.78, 5) is 11.8. The molecule has 2 aromatic rings. The molecule has 0 N–H and O–H groups in total. The number of ketones is 1. The van der Waals surface area contributed by atoms with Crippen molar-refractivity contribution in [3.63, 3.8) is 0 Å². The Morgan fingerprint density at radius 1 is 1.25 bits per heavy atom. The average molecular weight is 212 g/mol. The highest BCUT2D eigenvalue weighted by Gasteiger charge is 2.20. The molecule has 1 aliphatic rings. The lowest BCUT2D eigenvalue weighted by molar-refractivity contribution is 0.101. The zero-order valence-corrected chi connectivity index (χ0v) is 9.12. The predicted molar refractivity (Wildman–Crippen MR) is 62.4 cm³/mol. The summed E-state index contributed by atoms with van der Waals surface area (Å²) in [5.41, 5.74) is 3.07. The first-order valence-electron chi connectivity index (χ1n) is 5.39. The van der Waals surface area contributed by atoms with Gasteiger partial charge < -0.3 is 4.74 Å². The van der Waals surface area contributed by atoms with Gasteiger partial charge in [0.05, 0.1) is 13.2 Å². The van der Waals surface area contributed by atoms with Crippen LogP contribution in [0.1, 0.15) is 28.4 Å². The molecule has 2 heteroatoms. The van der Waals surface area contributed by atoms with Gasteiger partial charge in [0.2, 0.25) is 0 Å². The molecule has 2 aromatic carbocycles. The van der Waals surface area contributed by atoms with Gasteiger partial charge >= 0.3 is 0 Å². The van der Waals surface area contributed by atoms with Crippen LogP contribution in [0.3, 0.4) is 0 Å². The van der Waals surface area contributed by atoms with Gasteiger partial charge in [-0.15, -0.1) is 0 Å². The van der Waals surface area contributed by atoms with Crippen molar-refractivity contribution in [1.82, 2.24) is 0 Å². The third-order valence-corrected chi connectivity index (χ3v) is 3.11. The standard InChI is InChI=1S/C14H12O2/c1-9(15)14-12-5-3-2-4-10(12)6-11-7-16-8-13(11)14/h2-6H,7-8H2,1H3. The second kappa shape index (κ2) is 3.42. The van der Waals surface area contributed by atoms with Gasteiger partial charge in [-0.05, 0) is 34.9 Å². The molecule has 0 unspecified atom stereocenters. The van der Waals surface area contributed by atoms with Crippen LogP contribution in [0.2, 0.25) is 0 Å². The van der Waals surface area contributed by atoms with Crippen LogP contribution in [0, 0.1) is 0 Å². The van der Waals surface area contributed by atoms with Crippen molar-refractivity contribution in [2.45, 2.75) is 20.1 Å². The lowest BCUT2D eigenvalue weighted by Gasteiger charge is -2.08. The fraction of sp³-hybridized carbons (Fsp3) is 0.214. The predicted octanol–water partition coefficient (Wildman–Crippen LogP) is 3.07. The Morgan fingerprint density at radius 3 is 2.88 bits per heavy atom. The van der Waals surface area contributed by atoms with Crippen molar-refractivity contribution < 1.29 is 9.53 Å². The van der Waals surface area contributed by atoms with Crippen LogP contribution in [0.5, 0.6) is 0 Å². The molecule has 1 heterocycles. The van der Waals surface area contributed by atoms with Crippen LogP contribution in [-0.4, -0.2) is 5.78 Å². The summed E-state index contributed by atoms with van der Waals surface area (Å²) in [7, 11) is 0. The smallest absolute Gasteiger partial charge is 0.160 e. The van der Waals surface area contributed by atoms with E-state index in [1.54, 1.807) is 6.92 Å². The molecule has 0 saturated heterocycles. The fourth-order valence-electron chi connectivity index (χ4n) is 2.41. The van der Waals surface area contributed by atoms with E-state index >= 15 is 0 Å². The van der Waals surface area contributed by atoms with E-state index in [0.717, 1.165) is 27.5 Å². The van der Waals surface area contributed by atoms with Gasteiger partial charge in [-0.25, -0.2) is 0 Å². The van der Waals surface area contributed by atoms with E-state index < -0.39 is 0 Å². The lowest BCUT2D eigenvalue weighted by atomic mass is 9.93. The maximum absolute atomic E-state index is 11.8. The van der Waals surface area contributed by atoms with Crippen LogP contribution in [0.15, 0.2) is 30.3 Å². The van der Waals surface area contributed by atoms with Gasteiger partial charge in [0.1, 0.15) is 0 Å². The second-order valence-corrected chi connectivity index (χ2v) is 4.16. The highest BCUT2D eigenvalue weighted by molar-refractivity contribution is 6.08. The van der Waals surface area contributed by atoms with E-state index in [1.807, 2.05) is 24.3 Å². The van der Waals surface area contributed by atoms with Crippen molar-refractivity contribution in [2.75, 3.05) is 0 Å². The summed E-state index contributed by atoms with van der Waals surface area (Å²) in [5, 5.41) is 2.16. The zero-order valence-electron chi connectivity index (χ0n) is 9.12. The molecule has 0 aromatic heterocycles. The van der Waals surface area contributed by atoms with E-state index in [4.69, 9.17) is 4.74 Å². The minimum absolute atomic E-state index is 0.124.